The fraction of sp³-hybridized carbons (Fsp3) is 0.167. The molecular weight excluding hydrogens is 218 g/mol. The number of benzene rings is 1. The van der Waals surface area contributed by atoms with Crippen LogP contribution in [0, 0.1) is 6.92 Å². The van der Waals surface area contributed by atoms with Gasteiger partial charge in [0.15, 0.2) is 11.5 Å². The maximum Gasteiger partial charge on any atom is 0.224 e. The van der Waals surface area contributed by atoms with E-state index in [1.807, 2.05) is 25.1 Å². The van der Waals surface area contributed by atoms with Crippen LogP contribution in [-0.4, -0.2) is 17.1 Å². The van der Waals surface area contributed by atoms with Gasteiger partial charge in [-0.25, -0.2) is 9.97 Å². The van der Waals surface area contributed by atoms with Gasteiger partial charge in [0.05, 0.1) is 7.11 Å². The highest BCUT2D eigenvalue weighted by atomic mass is 16.5. The third-order valence-electron chi connectivity index (χ3n) is 2.20. The molecule has 0 bridgehead atoms. The second kappa shape index (κ2) is 4.69. The maximum absolute atomic E-state index is 5.58. The predicted octanol–water partition coefficient (Wildman–Crippen LogP) is 2.17. The highest BCUT2D eigenvalue weighted by Gasteiger charge is 2.06. The first-order valence-corrected chi connectivity index (χ1v) is 5.09. The number of rotatable bonds is 3. The molecule has 2 N–H and O–H groups in total. The highest BCUT2D eigenvalue weighted by Crippen LogP contribution is 2.31. The van der Waals surface area contributed by atoms with Gasteiger partial charge in [-0.05, 0) is 24.6 Å². The Bertz CT molecular complexity index is 529. The molecule has 2 rings (SSSR count). The Hall–Kier alpha value is -2.30. The number of hydrogen-bond donors (Lipinski definition) is 1. The second-order valence-corrected chi connectivity index (χ2v) is 3.54. The lowest BCUT2D eigenvalue weighted by molar-refractivity contribution is 0.373. The van der Waals surface area contributed by atoms with Crippen LogP contribution in [0.4, 0.5) is 5.82 Å². The summed E-state index contributed by atoms with van der Waals surface area (Å²) >= 11 is 0. The first kappa shape index (κ1) is 11.2. The summed E-state index contributed by atoms with van der Waals surface area (Å²) in [5, 5.41) is 0. The van der Waals surface area contributed by atoms with E-state index >= 15 is 0 Å². The van der Waals surface area contributed by atoms with Crippen LogP contribution in [-0.2, 0) is 0 Å². The van der Waals surface area contributed by atoms with Crippen LogP contribution in [0.3, 0.4) is 0 Å². The van der Waals surface area contributed by atoms with Crippen LogP contribution in [0.1, 0.15) is 5.56 Å². The average Bonchev–Trinajstić information content (AvgIpc) is 2.31. The Morgan fingerprint density at radius 3 is 2.65 bits per heavy atom. The van der Waals surface area contributed by atoms with Crippen molar-refractivity contribution >= 4 is 5.82 Å². The van der Waals surface area contributed by atoms with E-state index in [2.05, 4.69) is 9.97 Å². The van der Waals surface area contributed by atoms with Gasteiger partial charge >= 0.3 is 0 Å². The number of aryl methyl sites for hydroxylation is 1. The number of nitrogen functional groups attached to an aromatic ring is 1. The normalized spacial score (nSPS) is 10.0. The topological polar surface area (TPSA) is 70.3 Å². The maximum atomic E-state index is 5.58. The molecule has 0 aliphatic rings. The van der Waals surface area contributed by atoms with Gasteiger partial charge in [0.25, 0.3) is 0 Å². The molecule has 0 unspecified atom stereocenters. The minimum atomic E-state index is 0.362. The molecule has 0 saturated heterocycles. The SMILES string of the molecule is COc1cc(C)ccc1Oc1cc(N)ncn1. The fourth-order valence-electron chi connectivity index (χ4n) is 1.38. The number of anilines is 1. The Labute approximate surface area is 99.2 Å². The molecule has 0 fully saturated rings. The van der Waals surface area contributed by atoms with Crippen LogP contribution in [0.25, 0.3) is 0 Å². The van der Waals surface area contributed by atoms with Crippen LogP contribution < -0.4 is 15.2 Å². The van der Waals surface area contributed by atoms with E-state index < -0.39 is 0 Å². The van der Waals surface area contributed by atoms with E-state index in [1.54, 1.807) is 13.2 Å². The van der Waals surface area contributed by atoms with E-state index in [0.717, 1.165) is 5.56 Å². The van der Waals surface area contributed by atoms with Gasteiger partial charge in [-0.1, -0.05) is 6.07 Å². The molecule has 5 nitrogen and oxygen atoms in total. The highest BCUT2D eigenvalue weighted by molar-refractivity contribution is 5.45. The fourth-order valence-corrected chi connectivity index (χ4v) is 1.38. The van der Waals surface area contributed by atoms with Crippen molar-refractivity contribution in [2.75, 3.05) is 12.8 Å². The summed E-state index contributed by atoms with van der Waals surface area (Å²) in [4.78, 5) is 7.76. The third-order valence-corrected chi connectivity index (χ3v) is 2.20. The zero-order valence-corrected chi connectivity index (χ0v) is 9.68. The van der Waals surface area contributed by atoms with E-state index in [9.17, 15) is 0 Å². The Morgan fingerprint density at radius 2 is 1.94 bits per heavy atom. The minimum Gasteiger partial charge on any atom is -0.493 e. The summed E-state index contributed by atoms with van der Waals surface area (Å²) in [7, 11) is 1.59. The van der Waals surface area contributed by atoms with Crippen LogP contribution in [0.2, 0.25) is 0 Å². The van der Waals surface area contributed by atoms with Gasteiger partial charge < -0.3 is 15.2 Å². The number of aromatic nitrogens is 2. The van der Waals surface area contributed by atoms with Crippen molar-refractivity contribution in [1.82, 2.24) is 9.97 Å². The number of hydrogen-bond acceptors (Lipinski definition) is 5. The van der Waals surface area contributed by atoms with E-state index in [0.29, 0.717) is 23.2 Å². The van der Waals surface area contributed by atoms with Crippen molar-refractivity contribution in [3.63, 3.8) is 0 Å². The minimum absolute atomic E-state index is 0.362. The molecule has 1 heterocycles. The molecule has 1 aromatic heterocycles. The first-order valence-electron chi connectivity index (χ1n) is 5.09. The molecule has 17 heavy (non-hydrogen) atoms. The van der Waals surface area contributed by atoms with Crippen LogP contribution in [0.5, 0.6) is 17.4 Å². The lowest BCUT2D eigenvalue weighted by atomic mass is 10.2. The largest absolute Gasteiger partial charge is 0.493 e. The molecule has 2 aromatic rings. The van der Waals surface area contributed by atoms with Gasteiger partial charge in [0.1, 0.15) is 12.1 Å². The second-order valence-electron chi connectivity index (χ2n) is 3.54. The van der Waals surface area contributed by atoms with Gasteiger partial charge in [-0.3, -0.25) is 0 Å². The van der Waals surface area contributed by atoms with E-state index in [-0.39, 0.29) is 0 Å². The molecule has 0 spiro atoms. The predicted molar refractivity (Wildman–Crippen MR) is 64.2 cm³/mol. The van der Waals surface area contributed by atoms with Crippen molar-refractivity contribution in [1.29, 1.82) is 0 Å². The molecule has 88 valence electrons. The van der Waals surface area contributed by atoms with Crippen molar-refractivity contribution < 1.29 is 9.47 Å². The summed E-state index contributed by atoms with van der Waals surface area (Å²) < 4.78 is 10.8. The quantitative estimate of drug-likeness (QED) is 0.876. The molecule has 5 heteroatoms. The summed E-state index contributed by atoms with van der Waals surface area (Å²) in [6, 6.07) is 7.20. The standard InChI is InChI=1S/C12H13N3O2/c1-8-3-4-9(10(5-8)16-2)17-12-6-11(13)14-7-15-12/h3-7H,1-2H3,(H2,13,14,15). The Balaban J connectivity index is 2.29. The zero-order valence-electron chi connectivity index (χ0n) is 9.68. The van der Waals surface area contributed by atoms with Gasteiger partial charge in [-0.15, -0.1) is 0 Å². The van der Waals surface area contributed by atoms with Crippen LogP contribution in [0.15, 0.2) is 30.6 Å². The van der Waals surface area contributed by atoms with E-state index in [4.69, 9.17) is 15.2 Å². The summed E-state index contributed by atoms with van der Waals surface area (Å²) in [6.45, 7) is 1.98. The molecule has 0 aliphatic heterocycles. The van der Waals surface area contributed by atoms with Gasteiger partial charge in [-0.2, -0.15) is 0 Å². The molecule has 0 saturated carbocycles. The van der Waals surface area contributed by atoms with Crippen molar-refractivity contribution in [2.24, 2.45) is 0 Å². The number of nitrogens with two attached hydrogens (primary N) is 1. The molecule has 0 amide bonds. The van der Waals surface area contributed by atoms with Gasteiger partial charge in [0.2, 0.25) is 5.88 Å². The van der Waals surface area contributed by atoms with Crippen LogP contribution >= 0.6 is 0 Å². The molecule has 1 aromatic carbocycles. The molecule has 0 radical (unpaired) electrons. The summed E-state index contributed by atoms with van der Waals surface area (Å²) in [5.74, 6) is 2.00. The number of methoxy groups -OCH3 is 1. The van der Waals surface area contributed by atoms with Gasteiger partial charge in [0, 0.05) is 6.07 Å². The molecule has 0 aliphatic carbocycles. The van der Waals surface area contributed by atoms with E-state index in [1.165, 1.54) is 6.33 Å². The number of nitrogens with zero attached hydrogens (tertiary/aromatic N) is 2. The Morgan fingerprint density at radius 1 is 1.12 bits per heavy atom. The summed E-state index contributed by atoms with van der Waals surface area (Å²) in [6.07, 6.45) is 1.35. The summed E-state index contributed by atoms with van der Waals surface area (Å²) in [5.41, 5.74) is 6.64. The Kier molecular flexibility index (Phi) is 3.09. The van der Waals surface area contributed by atoms with Crippen molar-refractivity contribution in [2.45, 2.75) is 6.92 Å². The van der Waals surface area contributed by atoms with Crippen molar-refractivity contribution in [3.05, 3.63) is 36.2 Å². The zero-order chi connectivity index (χ0) is 12.3. The number of ether oxygens (including phenoxy) is 2. The first-order chi connectivity index (χ1) is 8.19. The smallest absolute Gasteiger partial charge is 0.224 e. The molecule has 0 atom stereocenters. The monoisotopic (exact) mass is 231 g/mol. The average molecular weight is 231 g/mol. The molecular formula is C12H13N3O2. The lowest BCUT2D eigenvalue weighted by Crippen LogP contribution is -1.95. The third kappa shape index (κ3) is 2.63. The lowest BCUT2D eigenvalue weighted by Gasteiger charge is -2.10. The van der Waals surface area contributed by atoms with Crippen molar-refractivity contribution in [3.8, 4) is 17.4 Å².